The Balaban J connectivity index is 1.48. The highest BCUT2D eigenvalue weighted by Gasteiger charge is 2.30. The predicted octanol–water partition coefficient (Wildman–Crippen LogP) is 8.17. The molecule has 0 bridgehead atoms. The number of aliphatic hydroxyl groups excluding tert-OH is 1. The first-order valence-electron chi connectivity index (χ1n) is 14.6. The lowest BCUT2D eigenvalue weighted by molar-refractivity contribution is -0.140. The predicted molar refractivity (Wildman–Crippen MR) is 152 cm³/mol. The zero-order valence-corrected chi connectivity index (χ0v) is 23.2. The molecule has 2 aromatic carbocycles. The number of benzene rings is 2. The summed E-state index contributed by atoms with van der Waals surface area (Å²) in [6.07, 6.45) is 12.8. The van der Waals surface area contributed by atoms with Crippen molar-refractivity contribution >= 4 is 5.97 Å². The molecular formula is C34H46O3. The first kappa shape index (κ1) is 27.6. The molecule has 2 aliphatic carbocycles. The van der Waals surface area contributed by atoms with Crippen molar-refractivity contribution in [3.8, 4) is 11.1 Å². The molecule has 3 nitrogen and oxygen atoms in total. The van der Waals surface area contributed by atoms with Crippen LogP contribution in [0.15, 0.2) is 48.6 Å². The lowest BCUT2D eigenvalue weighted by atomic mass is 9.68. The molecule has 1 N–H and O–H groups in total. The SMILES string of the molecule is C=C(C)C(=O)OCc1cc(-c2ccc(C3CCC(C4CCC(C)CC4)CC3)cc2CC)ccc1CCO. The summed E-state index contributed by atoms with van der Waals surface area (Å²) < 4.78 is 5.46. The van der Waals surface area contributed by atoms with Gasteiger partial charge in [0.25, 0.3) is 0 Å². The molecule has 2 aromatic rings. The van der Waals surface area contributed by atoms with Gasteiger partial charge in [-0.1, -0.05) is 63.6 Å². The van der Waals surface area contributed by atoms with Crippen molar-refractivity contribution in [1.29, 1.82) is 0 Å². The van der Waals surface area contributed by atoms with E-state index in [0.717, 1.165) is 40.9 Å². The second-order valence-corrected chi connectivity index (χ2v) is 11.7. The molecule has 0 atom stereocenters. The Bertz CT molecular complexity index is 1070. The largest absolute Gasteiger partial charge is 0.457 e. The van der Waals surface area contributed by atoms with Crippen molar-refractivity contribution < 1.29 is 14.6 Å². The Morgan fingerprint density at radius 2 is 1.59 bits per heavy atom. The monoisotopic (exact) mass is 502 g/mol. The molecule has 200 valence electrons. The third-order valence-corrected chi connectivity index (χ3v) is 9.09. The molecule has 0 amide bonds. The lowest BCUT2D eigenvalue weighted by Gasteiger charge is -2.37. The summed E-state index contributed by atoms with van der Waals surface area (Å²) in [4.78, 5) is 12.0. The first-order valence-corrected chi connectivity index (χ1v) is 14.6. The van der Waals surface area contributed by atoms with Crippen molar-refractivity contribution in [2.24, 2.45) is 17.8 Å². The fourth-order valence-corrected chi connectivity index (χ4v) is 6.68. The number of aliphatic hydroxyl groups is 1. The molecule has 2 saturated carbocycles. The fraction of sp³-hybridized carbons (Fsp3) is 0.559. The smallest absolute Gasteiger partial charge is 0.333 e. The van der Waals surface area contributed by atoms with Crippen molar-refractivity contribution in [3.05, 3.63) is 70.8 Å². The zero-order chi connectivity index (χ0) is 26.4. The topological polar surface area (TPSA) is 46.5 Å². The molecule has 37 heavy (non-hydrogen) atoms. The second-order valence-electron chi connectivity index (χ2n) is 11.7. The van der Waals surface area contributed by atoms with Crippen molar-refractivity contribution in [1.82, 2.24) is 0 Å². The summed E-state index contributed by atoms with van der Waals surface area (Å²) in [6, 6.07) is 13.4. The number of hydrogen-bond donors (Lipinski definition) is 1. The highest BCUT2D eigenvalue weighted by molar-refractivity contribution is 5.87. The molecule has 2 aliphatic rings. The lowest BCUT2D eigenvalue weighted by Crippen LogP contribution is -2.24. The van der Waals surface area contributed by atoms with Crippen LogP contribution in [0.2, 0.25) is 0 Å². The maximum absolute atomic E-state index is 12.0. The Labute approximate surface area is 224 Å². The average Bonchev–Trinajstić information content (AvgIpc) is 2.92. The van der Waals surface area contributed by atoms with Gasteiger partial charge in [-0.25, -0.2) is 4.79 Å². The van der Waals surface area contributed by atoms with Crippen molar-refractivity contribution in [2.45, 2.75) is 97.5 Å². The van der Waals surface area contributed by atoms with Crippen LogP contribution < -0.4 is 0 Å². The van der Waals surface area contributed by atoms with Gasteiger partial charge in [-0.15, -0.1) is 0 Å². The van der Waals surface area contributed by atoms with Crippen LogP contribution in [-0.4, -0.2) is 17.7 Å². The van der Waals surface area contributed by atoms with Gasteiger partial charge in [-0.3, -0.25) is 0 Å². The molecule has 0 saturated heterocycles. The van der Waals surface area contributed by atoms with Crippen LogP contribution in [0.1, 0.15) is 100 Å². The van der Waals surface area contributed by atoms with E-state index in [0.29, 0.717) is 17.9 Å². The second kappa shape index (κ2) is 12.9. The molecular weight excluding hydrogens is 456 g/mol. The zero-order valence-electron chi connectivity index (χ0n) is 23.2. The number of carbonyl (C=O) groups is 1. The van der Waals surface area contributed by atoms with Crippen molar-refractivity contribution in [3.63, 3.8) is 0 Å². The number of esters is 1. The van der Waals surface area contributed by atoms with E-state index < -0.39 is 0 Å². The first-order chi connectivity index (χ1) is 17.9. The number of hydrogen-bond acceptors (Lipinski definition) is 3. The normalized spacial score (nSPS) is 24.0. The van der Waals surface area contributed by atoms with Crippen molar-refractivity contribution in [2.75, 3.05) is 6.61 Å². The quantitative estimate of drug-likeness (QED) is 0.278. The van der Waals surface area contributed by atoms with Gasteiger partial charge in [-0.05, 0) is 121 Å². The van der Waals surface area contributed by atoms with E-state index in [9.17, 15) is 9.90 Å². The fourth-order valence-electron chi connectivity index (χ4n) is 6.68. The average molecular weight is 503 g/mol. The van der Waals surface area contributed by atoms with Gasteiger partial charge in [-0.2, -0.15) is 0 Å². The third-order valence-electron chi connectivity index (χ3n) is 9.09. The van der Waals surface area contributed by atoms with E-state index in [1.54, 1.807) is 6.92 Å². The summed E-state index contributed by atoms with van der Waals surface area (Å²) in [6.45, 7) is 10.3. The van der Waals surface area contributed by atoms with E-state index in [2.05, 4.69) is 56.8 Å². The van der Waals surface area contributed by atoms with Crippen LogP contribution in [0.3, 0.4) is 0 Å². The molecule has 4 rings (SSSR count). The minimum Gasteiger partial charge on any atom is -0.457 e. The number of carbonyl (C=O) groups excluding carboxylic acids is 1. The standard InChI is InChI=1S/C34H46O3/c1-5-25-20-30(28-12-10-27(11-13-28)26-8-6-24(4)7-9-26)16-17-33(25)31-15-14-29(18-19-35)32(21-31)22-37-34(36)23(2)3/h14-17,20-21,24,26-28,35H,2,5-13,18-19,22H2,1,3-4H3. The van der Waals surface area contributed by atoms with Gasteiger partial charge in [0.15, 0.2) is 0 Å². The molecule has 0 aliphatic heterocycles. The third kappa shape index (κ3) is 6.93. The number of aryl methyl sites for hydroxylation is 1. The number of rotatable bonds is 9. The van der Waals surface area contributed by atoms with E-state index in [1.165, 1.54) is 68.1 Å². The van der Waals surface area contributed by atoms with E-state index in [1.807, 2.05) is 0 Å². The summed E-state index contributed by atoms with van der Waals surface area (Å²) in [5.41, 5.74) is 7.62. The molecule has 0 heterocycles. The number of ether oxygens (including phenoxy) is 1. The molecule has 0 radical (unpaired) electrons. The molecule has 0 aromatic heterocycles. The Hall–Kier alpha value is -2.39. The highest BCUT2D eigenvalue weighted by Crippen LogP contribution is 2.44. The van der Waals surface area contributed by atoms with Gasteiger partial charge in [0.2, 0.25) is 0 Å². The van der Waals surface area contributed by atoms with Gasteiger partial charge in [0, 0.05) is 12.2 Å². The van der Waals surface area contributed by atoms with Gasteiger partial charge in [0.1, 0.15) is 6.61 Å². The summed E-state index contributed by atoms with van der Waals surface area (Å²) in [7, 11) is 0. The van der Waals surface area contributed by atoms with E-state index >= 15 is 0 Å². The molecule has 3 heteroatoms. The van der Waals surface area contributed by atoms with E-state index in [4.69, 9.17) is 4.74 Å². The van der Waals surface area contributed by atoms with Crippen LogP contribution in [-0.2, 0) is 29.0 Å². The maximum atomic E-state index is 12.0. The molecule has 2 fully saturated rings. The van der Waals surface area contributed by atoms with Gasteiger partial charge >= 0.3 is 5.97 Å². The minimum atomic E-state index is -0.383. The summed E-state index contributed by atoms with van der Waals surface area (Å²) in [5.74, 6) is 3.16. The van der Waals surface area contributed by atoms with Crippen LogP contribution in [0.4, 0.5) is 0 Å². The van der Waals surface area contributed by atoms with E-state index in [-0.39, 0.29) is 19.2 Å². The van der Waals surface area contributed by atoms with Gasteiger partial charge < -0.3 is 9.84 Å². The summed E-state index contributed by atoms with van der Waals surface area (Å²) >= 11 is 0. The minimum absolute atomic E-state index is 0.0673. The highest BCUT2D eigenvalue weighted by atomic mass is 16.5. The Morgan fingerprint density at radius 1 is 0.919 bits per heavy atom. The van der Waals surface area contributed by atoms with Crippen LogP contribution in [0.25, 0.3) is 11.1 Å². The van der Waals surface area contributed by atoms with Crippen LogP contribution in [0, 0.1) is 17.8 Å². The maximum Gasteiger partial charge on any atom is 0.333 e. The van der Waals surface area contributed by atoms with Crippen LogP contribution >= 0.6 is 0 Å². The Kier molecular flexibility index (Phi) is 9.65. The van der Waals surface area contributed by atoms with Gasteiger partial charge in [0.05, 0.1) is 0 Å². The Morgan fingerprint density at radius 3 is 2.22 bits per heavy atom. The summed E-state index contributed by atoms with van der Waals surface area (Å²) in [5, 5.41) is 9.51. The molecule has 0 spiro atoms. The van der Waals surface area contributed by atoms with Crippen LogP contribution in [0.5, 0.6) is 0 Å². The molecule has 0 unspecified atom stereocenters.